The number of hydrogen-bond donors (Lipinski definition) is 2. The number of nitrogen functional groups attached to an aromatic ring is 1. The summed E-state index contributed by atoms with van der Waals surface area (Å²) < 4.78 is 37.9. The number of benzene rings is 1. The molecule has 0 fully saturated rings. The van der Waals surface area contributed by atoms with Gasteiger partial charge in [-0.25, -0.2) is 4.98 Å². The highest BCUT2D eigenvalue weighted by Crippen LogP contribution is 2.34. The fourth-order valence-corrected chi connectivity index (χ4v) is 1.91. The zero-order chi connectivity index (χ0) is 14.9. The fourth-order valence-electron chi connectivity index (χ4n) is 1.42. The van der Waals surface area contributed by atoms with Crippen LogP contribution in [0.4, 0.5) is 30.6 Å². The Morgan fingerprint density at radius 3 is 2.25 bits per heavy atom. The normalized spacial score (nSPS) is 11.4. The summed E-state index contributed by atoms with van der Waals surface area (Å²) in [6, 6.07) is 5.39. The van der Waals surface area contributed by atoms with Crippen LogP contribution in [0.5, 0.6) is 0 Å². The number of aromatic nitrogens is 2. The first kappa shape index (κ1) is 14.7. The molecule has 0 unspecified atom stereocenters. The van der Waals surface area contributed by atoms with Gasteiger partial charge >= 0.3 is 6.18 Å². The van der Waals surface area contributed by atoms with Gasteiger partial charge in [0.25, 0.3) is 0 Å². The number of nitrogens with one attached hydrogen (secondary N) is 1. The largest absolute Gasteiger partial charge is 0.433 e. The number of nitrogens with two attached hydrogens (primary N) is 1. The zero-order valence-corrected chi connectivity index (χ0v) is 11.2. The molecule has 0 atom stereocenters. The number of alkyl halides is 3. The van der Waals surface area contributed by atoms with Crippen LogP contribution in [-0.2, 0) is 6.18 Å². The molecule has 106 valence electrons. The summed E-state index contributed by atoms with van der Waals surface area (Å²) in [5.74, 6) is -0.662. The van der Waals surface area contributed by atoms with Crippen molar-refractivity contribution in [2.75, 3.05) is 11.1 Å². The summed E-state index contributed by atoms with van der Waals surface area (Å²) in [6.07, 6.45) is -4.63. The summed E-state index contributed by atoms with van der Waals surface area (Å²) in [6.45, 7) is 0. The van der Waals surface area contributed by atoms with Gasteiger partial charge in [0.2, 0.25) is 5.95 Å². The molecule has 0 amide bonds. The highest BCUT2D eigenvalue weighted by Gasteiger charge is 2.33. The van der Waals surface area contributed by atoms with Gasteiger partial charge in [0.15, 0.2) is 5.69 Å². The van der Waals surface area contributed by atoms with E-state index in [1.54, 1.807) is 6.07 Å². The van der Waals surface area contributed by atoms with Crippen LogP contribution >= 0.6 is 23.2 Å². The third-order valence-electron chi connectivity index (χ3n) is 2.25. The topological polar surface area (TPSA) is 63.8 Å². The first-order chi connectivity index (χ1) is 9.27. The fraction of sp³-hybridized carbons (Fsp3) is 0.0909. The standard InChI is InChI=1S/C11H7Cl2F3N4/c12-5-2-1-3-6(13)9(5)19-8-4-7(11(14,15)16)18-10(17)20-8/h1-4H,(H3,17,18,19,20). The molecule has 0 aliphatic heterocycles. The molecule has 20 heavy (non-hydrogen) atoms. The third kappa shape index (κ3) is 3.23. The molecule has 1 aromatic heterocycles. The van der Waals surface area contributed by atoms with Crippen molar-refractivity contribution in [3.05, 3.63) is 40.0 Å². The van der Waals surface area contributed by atoms with Gasteiger partial charge < -0.3 is 11.1 Å². The van der Waals surface area contributed by atoms with Gasteiger partial charge in [0.05, 0.1) is 15.7 Å². The summed E-state index contributed by atoms with van der Waals surface area (Å²) >= 11 is 11.8. The van der Waals surface area contributed by atoms with Crippen molar-refractivity contribution in [1.29, 1.82) is 0 Å². The van der Waals surface area contributed by atoms with E-state index < -0.39 is 17.8 Å². The molecule has 0 bridgehead atoms. The van der Waals surface area contributed by atoms with E-state index in [0.29, 0.717) is 0 Å². The van der Waals surface area contributed by atoms with Crippen LogP contribution in [0.1, 0.15) is 5.69 Å². The molecule has 1 aromatic carbocycles. The maximum atomic E-state index is 12.6. The molecule has 0 saturated carbocycles. The Labute approximate surface area is 121 Å². The van der Waals surface area contributed by atoms with E-state index in [-0.39, 0.29) is 21.6 Å². The van der Waals surface area contributed by atoms with E-state index in [4.69, 9.17) is 28.9 Å². The Morgan fingerprint density at radius 1 is 1.10 bits per heavy atom. The lowest BCUT2D eigenvalue weighted by atomic mass is 10.3. The zero-order valence-electron chi connectivity index (χ0n) is 9.67. The molecule has 0 aliphatic rings. The lowest BCUT2D eigenvalue weighted by molar-refractivity contribution is -0.141. The SMILES string of the molecule is Nc1nc(Nc2c(Cl)cccc2Cl)cc(C(F)(F)F)n1. The Kier molecular flexibility index (Phi) is 3.92. The van der Waals surface area contributed by atoms with Crippen LogP contribution in [0.3, 0.4) is 0 Å². The number of nitrogens with zero attached hydrogens (tertiary/aromatic N) is 2. The van der Waals surface area contributed by atoms with Crippen LogP contribution in [0.15, 0.2) is 24.3 Å². The molecule has 3 N–H and O–H groups in total. The minimum absolute atomic E-state index is 0.153. The van der Waals surface area contributed by atoms with Gasteiger partial charge in [0.1, 0.15) is 5.82 Å². The van der Waals surface area contributed by atoms with Crippen molar-refractivity contribution in [2.45, 2.75) is 6.18 Å². The summed E-state index contributed by atoms with van der Waals surface area (Å²) in [5.41, 5.74) is 4.34. The van der Waals surface area contributed by atoms with Gasteiger partial charge in [0, 0.05) is 6.07 Å². The molecule has 4 nitrogen and oxygen atoms in total. The summed E-state index contributed by atoms with van der Waals surface area (Å²) in [5, 5.41) is 3.08. The molecule has 9 heteroatoms. The molecule has 2 aromatic rings. The summed E-state index contributed by atoms with van der Waals surface area (Å²) in [4.78, 5) is 6.79. The molecule has 0 spiro atoms. The maximum Gasteiger partial charge on any atom is 0.433 e. The van der Waals surface area contributed by atoms with Gasteiger partial charge in [-0.05, 0) is 12.1 Å². The molecule has 0 saturated heterocycles. The second-order valence-electron chi connectivity index (χ2n) is 3.72. The molecular weight excluding hydrogens is 316 g/mol. The van der Waals surface area contributed by atoms with E-state index >= 15 is 0 Å². The van der Waals surface area contributed by atoms with Crippen LogP contribution in [-0.4, -0.2) is 9.97 Å². The van der Waals surface area contributed by atoms with Crippen molar-refractivity contribution in [1.82, 2.24) is 9.97 Å². The Bertz CT molecular complexity index is 626. The summed E-state index contributed by atoms with van der Waals surface area (Å²) in [7, 11) is 0. The van der Waals surface area contributed by atoms with E-state index in [9.17, 15) is 13.2 Å². The molecule has 1 heterocycles. The van der Waals surface area contributed by atoms with E-state index in [1.165, 1.54) is 12.1 Å². The second kappa shape index (κ2) is 5.34. The quantitative estimate of drug-likeness (QED) is 0.872. The van der Waals surface area contributed by atoms with Gasteiger partial charge in [-0.2, -0.15) is 18.2 Å². The number of anilines is 3. The Hall–Kier alpha value is -1.73. The van der Waals surface area contributed by atoms with Crippen LogP contribution in [0, 0.1) is 0 Å². The lowest BCUT2D eigenvalue weighted by Crippen LogP contribution is -2.12. The van der Waals surface area contributed by atoms with Crippen LogP contribution in [0.25, 0.3) is 0 Å². The third-order valence-corrected chi connectivity index (χ3v) is 2.88. The van der Waals surface area contributed by atoms with E-state index in [2.05, 4.69) is 15.3 Å². The molecule has 2 rings (SSSR count). The highest BCUT2D eigenvalue weighted by atomic mass is 35.5. The van der Waals surface area contributed by atoms with Crippen LogP contribution < -0.4 is 11.1 Å². The van der Waals surface area contributed by atoms with Crippen molar-refractivity contribution in [3.8, 4) is 0 Å². The van der Waals surface area contributed by atoms with Crippen molar-refractivity contribution < 1.29 is 13.2 Å². The van der Waals surface area contributed by atoms with E-state index in [0.717, 1.165) is 6.07 Å². The first-order valence-electron chi connectivity index (χ1n) is 5.20. The number of para-hydroxylation sites is 1. The average molecular weight is 323 g/mol. The number of rotatable bonds is 2. The minimum Gasteiger partial charge on any atom is -0.368 e. The predicted molar refractivity (Wildman–Crippen MR) is 71.2 cm³/mol. The number of halogens is 5. The van der Waals surface area contributed by atoms with Crippen molar-refractivity contribution >= 4 is 40.7 Å². The lowest BCUT2D eigenvalue weighted by Gasteiger charge is -2.12. The first-order valence-corrected chi connectivity index (χ1v) is 5.96. The van der Waals surface area contributed by atoms with Crippen molar-refractivity contribution in [2.24, 2.45) is 0 Å². The molecule has 0 radical (unpaired) electrons. The minimum atomic E-state index is -4.63. The Morgan fingerprint density at radius 2 is 1.70 bits per heavy atom. The average Bonchev–Trinajstić information content (AvgIpc) is 2.32. The Balaban J connectivity index is 2.42. The highest BCUT2D eigenvalue weighted by molar-refractivity contribution is 6.39. The number of hydrogen-bond acceptors (Lipinski definition) is 4. The van der Waals surface area contributed by atoms with Gasteiger partial charge in [-0.15, -0.1) is 0 Å². The molecule has 0 aliphatic carbocycles. The van der Waals surface area contributed by atoms with E-state index in [1.807, 2.05) is 0 Å². The smallest absolute Gasteiger partial charge is 0.368 e. The van der Waals surface area contributed by atoms with Gasteiger partial charge in [-0.1, -0.05) is 29.3 Å². The molecular formula is C11H7Cl2F3N4. The van der Waals surface area contributed by atoms with Crippen molar-refractivity contribution in [3.63, 3.8) is 0 Å². The monoisotopic (exact) mass is 322 g/mol. The predicted octanol–water partition coefficient (Wildman–Crippen LogP) is 4.13. The maximum absolute atomic E-state index is 12.6. The van der Waals surface area contributed by atoms with Gasteiger partial charge in [-0.3, -0.25) is 0 Å². The second-order valence-corrected chi connectivity index (χ2v) is 4.53. The van der Waals surface area contributed by atoms with Crippen LogP contribution in [0.2, 0.25) is 10.0 Å².